The van der Waals surface area contributed by atoms with Crippen LogP contribution in [0.15, 0.2) is 140 Å². The van der Waals surface area contributed by atoms with Crippen LogP contribution in [0.4, 0.5) is 0 Å². The minimum Gasteiger partial charge on any atom is -0.377 e. The molecule has 2 bridgehead atoms. The predicted molar refractivity (Wildman–Crippen MR) is 153 cm³/mol. The molecule has 4 aromatic rings. The molecular weight excluding hydrogens is 496 g/mol. The van der Waals surface area contributed by atoms with Gasteiger partial charge >= 0.3 is 0 Å². The van der Waals surface area contributed by atoms with Gasteiger partial charge in [-0.15, -0.1) is 0 Å². The summed E-state index contributed by atoms with van der Waals surface area (Å²) in [6.07, 6.45) is 5.63. The van der Waals surface area contributed by atoms with Crippen molar-refractivity contribution < 1.29 is 19.8 Å². The van der Waals surface area contributed by atoms with E-state index in [0.717, 1.165) is 0 Å². The molecule has 4 nitrogen and oxygen atoms in total. The number of rotatable bonds is 4. The molecule has 0 unspecified atom stereocenters. The van der Waals surface area contributed by atoms with E-state index in [1.54, 1.807) is 48.5 Å². The fraction of sp³-hybridized carbons (Fsp3) is 0.167. The van der Waals surface area contributed by atoms with Crippen LogP contribution in [-0.2, 0) is 26.2 Å². The highest BCUT2D eigenvalue weighted by atomic mass is 16.3. The molecule has 6 atom stereocenters. The number of Topliss-reactive ketones (excluding diaryl/α,β-unsaturated/α-hetero) is 2. The maximum absolute atomic E-state index is 14.9. The minimum atomic E-state index is -2.00. The Hall–Kier alpha value is -4.38. The Balaban J connectivity index is 1.58. The molecule has 1 saturated carbocycles. The number of carbonyl (C=O) groups is 2. The van der Waals surface area contributed by atoms with Crippen molar-refractivity contribution in [1.82, 2.24) is 0 Å². The summed E-state index contributed by atoms with van der Waals surface area (Å²) in [6.45, 7) is 0. The highest BCUT2D eigenvalue weighted by molar-refractivity contribution is 6.26. The molecule has 4 aromatic carbocycles. The fourth-order valence-electron chi connectivity index (χ4n) is 7.46. The van der Waals surface area contributed by atoms with Crippen LogP contribution in [0.2, 0.25) is 0 Å². The topological polar surface area (TPSA) is 74.6 Å². The summed E-state index contributed by atoms with van der Waals surface area (Å²) in [6, 6.07) is 36.6. The van der Waals surface area contributed by atoms with Gasteiger partial charge in [-0.25, -0.2) is 0 Å². The van der Waals surface area contributed by atoms with Crippen LogP contribution >= 0.6 is 0 Å². The Morgan fingerprint density at radius 3 is 1.57 bits per heavy atom. The Bertz CT molecular complexity index is 1660. The van der Waals surface area contributed by atoms with Crippen LogP contribution in [0.25, 0.3) is 5.57 Å². The van der Waals surface area contributed by atoms with Gasteiger partial charge in [0.25, 0.3) is 0 Å². The minimum absolute atomic E-state index is 0.348. The summed E-state index contributed by atoms with van der Waals surface area (Å²) in [7, 11) is 0. The summed E-state index contributed by atoms with van der Waals surface area (Å²) in [4.78, 5) is 29.4. The molecule has 0 aromatic heterocycles. The van der Waals surface area contributed by atoms with Crippen molar-refractivity contribution in [3.63, 3.8) is 0 Å². The van der Waals surface area contributed by atoms with E-state index in [0.29, 0.717) is 27.8 Å². The second kappa shape index (κ2) is 8.82. The van der Waals surface area contributed by atoms with Crippen molar-refractivity contribution >= 4 is 17.1 Å². The van der Waals surface area contributed by atoms with E-state index in [-0.39, 0.29) is 5.78 Å². The van der Waals surface area contributed by atoms with E-state index in [1.807, 2.05) is 91.0 Å². The van der Waals surface area contributed by atoms with Gasteiger partial charge in [-0.3, -0.25) is 9.59 Å². The van der Waals surface area contributed by atoms with Gasteiger partial charge in [0.1, 0.15) is 0 Å². The molecular formula is C36H28O4. The zero-order valence-corrected chi connectivity index (χ0v) is 21.7. The number of hydrogen-bond acceptors (Lipinski definition) is 4. The summed E-state index contributed by atoms with van der Waals surface area (Å²) < 4.78 is 0. The third kappa shape index (κ3) is 3.09. The third-order valence-electron chi connectivity index (χ3n) is 9.25. The van der Waals surface area contributed by atoms with Crippen molar-refractivity contribution in [2.45, 2.75) is 16.6 Å². The monoisotopic (exact) mass is 524 g/mol. The number of carbonyl (C=O) groups excluding carboxylic acids is 2. The van der Waals surface area contributed by atoms with E-state index in [4.69, 9.17) is 0 Å². The first kappa shape index (κ1) is 24.6. The number of allylic oxidation sites excluding steroid dienone is 2. The van der Waals surface area contributed by atoms with Gasteiger partial charge in [0.05, 0.1) is 5.41 Å². The Kier molecular flexibility index (Phi) is 5.43. The van der Waals surface area contributed by atoms with Crippen molar-refractivity contribution in [3.05, 3.63) is 162 Å². The lowest BCUT2D eigenvalue weighted by molar-refractivity contribution is -0.187. The average molecular weight is 525 g/mol. The number of benzene rings is 4. The predicted octanol–water partition coefficient (Wildman–Crippen LogP) is 5.37. The van der Waals surface area contributed by atoms with Crippen LogP contribution < -0.4 is 0 Å². The van der Waals surface area contributed by atoms with Gasteiger partial charge in [0.15, 0.2) is 22.8 Å². The lowest BCUT2D eigenvalue weighted by atomic mass is 9.40. The molecule has 4 heteroatoms. The highest BCUT2D eigenvalue weighted by Gasteiger charge is 2.73. The molecule has 0 amide bonds. The maximum atomic E-state index is 14.9. The summed E-state index contributed by atoms with van der Waals surface area (Å²) >= 11 is 0. The lowest BCUT2D eigenvalue weighted by Crippen LogP contribution is -2.71. The Labute approximate surface area is 232 Å². The maximum Gasteiger partial charge on any atom is 0.199 e. The van der Waals surface area contributed by atoms with Crippen molar-refractivity contribution in [2.75, 3.05) is 0 Å². The molecule has 8 rings (SSSR count). The van der Waals surface area contributed by atoms with Gasteiger partial charge in [0.2, 0.25) is 0 Å². The number of ketones is 2. The van der Waals surface area contributed by atoms with E-state index in [2.05, 4.69) is 0 Å². The Morgan fingerprint density at radius 1 is 0.550 bits per heavy atom. The average Bonchev–Trinajstić information content (AvgIpc) is 3.02. The second-order valence-electron chi connectivity index (χ2n) is 11.0. The molecule has 2 N–H and O–H groups in total. The Morgan fingerprint density at radius 2 is 1.02 bits per heavy atom. The molecule has 4 aliphatic carbocycles. The summed E-state index contributed by atoms with van der Waals surface area (Å²) in [5, 5.41) is 25.4. The van der Waals surface area contributed by atoms with Gasteiger partial charge in [-0.05, 0) is 22.3 Å². The zero-order chi connectivity index (χ0) is 27.5. The molecule has 40 heavy (non-hydrogen) atoms. The normalized spacial score (nSPS) is 32.5. The SMILES string of the molecule is O=C1C(c2ccccc2)=C[C@@H]2[C@@H]([C@@H]3C=C[C@@]2(c2ccccc2)C(=O)[C@@]3(O)c2ccccc2)[C@]1(O)c1ccccc1. The van der Waals surface area contributed by atoms with E-state index >= 15 is 0 Å². The highest BCUT2D eigenvalue weighted by Crippen LogP contribution is 2.65. The smallest absolute Gasteiger partial charge is 0.199 e. The van der Waals surface area contributed by atoms with Crippen LogP contribution in [-0.4, -0.2) is 21.8 Å². The van der Waals surface area contributed by atoms with Crippen molar-refractivity contribution in [2.24, 2.45) is 17.8 Å². The number of hydrogen-bond donors (Lipinski definition) is 2. The molecule has 4 aliphatic rings. The second-order valence-corrected chi connectivity index (χ2v) is 11.0. The first-order valence-electron chi connectivity index (χ1n) is 13.6. The molecule has 0 aliphatic heterocycles. The summed E-state index contributed by atoms with van der Waals surface area (Å²) in [5.74, 6) is -3.04. The number of fused-ring (bicyclic) bond motifs is 1. The van der Waals surface area contributed by atoms with Gasteiger partial charge in [-0.2, -0.15) is 0 Å². The third-order valence-corrected chi connectivity index (χ3v) is 9.25. The molecule has 0 heterocycles. The standard InChI is InChI=1S/C36H28O4/c37-32-28(24-13-5-1-6-14-24)23-30-31(36(32,40)27-19-11-4-12-20-27)29-21-22-34(30,25-15-7-2-8-16-25)33(38)35(29,39)26-17-9-3-10-18-26/h1-23,29-31,39-40H/t29-,30+,31+,34-,35+,36+/m0/s1. The fourth-order valence-corrected chi connectivity index (χ4v) is 7.46. The molecule has 1 fully saturated rings. The number of aliphatic hydroxyl groups is 2. The largest absolute Gasteiger partial charge is 0.377 e. The first-order chi connectivity index (χ1) is 19.4. The van der Waals surface area contributed by atoms with E-state index < -0.39 is 40.2 Å². The lowest BCUT2D eigenvalue weighted by Gasteiger charge is -2.62. The van der Waals surface area contributed by atoms with Gasteiger partial charge in [0, 0.05) is 23.3 Å². The van der Waals surface area contributed by atoms with Gasteiger partial charge < -0.3 is 10.2 Å². The van der Waals surface area contributed by atoms with Gasteiger partial charge in [-0.1, -0.05) is 140 Å². The van der Waals surface area contributed by atoms with Crippen molar-refractivity contribution in [3.8, 4) is 0 Å². The zero-order valence-electron chi connectivity index (χ0n) is 21.7. The summed E-state index contributed by atoms with van der Waals surface area (Å²) in [5.41, 5.74) is -2.59. The first-order valence-corrected chi connectivity index (χ1v) is 13.6. The van der Waals surface area contributed by atoms with E-state index in [1.165, 1.54) is 0 Å². The quantitative estimate of drug-likeness (QED) is 0.352. The van der Waals surface area contributed by atoms with Crippen LogP contribution in [0.5, 0.6) is 0 Å². The van der Waals surface area contributed by atoms with Crippen LogP contribution in [0.3, 0.4) is 0 Å². The van der Waals surface area contributed by atoms with Crippen LogP contribution in [0, 0.1) is 17.8 Å². The molecule has 196 valence electrons. The molecule has 0 saturated heterocycles. The molecule has 0 radical (unpaired) electrons. The van der Waals surface area contributed by atoms with E-state index in [9.17, 15) is 19.8 Å². The van der Waals surface area contributed by atoms with Crippen LogP contribution in [0.1, 0.15) is 22.3 Å². The molecule has 0 spiro atoms. The van der Waals surface area contributed by atoms with Crippen molar-refractivity contribution in [1.29, 1.82) is 0 Å².